The van der Waals surface area contributed by atoms with Gasteiger partial charge in [-0.1, -0.05) is 6.07 Å². The van der Waals surface area contributed by atoms with Gasteiger partial charge in [0.15, 0.2) is 0 Å². The van der Waals surface area contributed by atoms with Crippen molar-refractivity contribution in [2.75, 3.05) is 36.4 Å². The molecule has 0 bridgehead atoms. The van der Waals surface area contributed by atoms with Crippen LogP contribution in [0.2, 0.25) is 0 Å². The van der Waals surface area contributed by atoms with Crippen molar-refractivity contribution in [3.8, 4) is 0 Å². The fourth-order valence-electron chi connectivity index (χ4n) is 2.83. The first-order chi connectivity index (χ1) is 10.2. The Morgan fingerprint density at radius 1 is 1.38 bits per heavy atom. The lowest BCUT2D eigenvalue weighted by Gasteiger charge is -2.16. The molecule has 0 aliphatic carbocycles. The van der Waals surface area contributed by atoms with Crippen LogP contribution in [0, 0.1) is 5.92 Å². The van der Waals surface area contributed by atoms with Gasteiger partial charge in [-0.15, -0.1) is 0 Å². The molecule has 21 heavy (non-hydrogen) atoms. The standard InChI is InChI=1S/C15H20N4O2/c20-14(8-11-4-5-16-10-11)18-12-2-1-3-13(9-12)19-7-6-17-15(19)21/h1-3,9,11,16H,4-8,10H2,(H,17,21)(H,18,20). The molecule has 0 aromatic heterocycles. The van der Waals surface area contributed by atoms with E-state index in [1.54, 1.807) is 4.90 Å². The van der Waals surface area contributed by atoms with Gasteiger partial charge in [-0.3, -0.25) is 9.69 Å². The SMILES string of the molecule is O=C(CC1CCNC1)Nc1cccc(N2CCNC2=O)c1. The van der Waals surface area contributed by atoms with E-state index >= 15 is 0 Å². The second kappa shape index (κ2) is 6.13. The van der Waals surface area contributed by atoms with E-state index in [4.69, 9.17) is 0 Å². The van der Waals surface area contributed by atoms with Crippen LogP contribution in [0.3, 0.4) is 0 Å². The molecule has 112 valence electrons. The summed E-state index contributed by atoms with van der Waals surface area (Å²) in [5.41, 5.74) is 1.55. The summed E-state index contributed by atoms with van der Waals surface area (Å²) < 4.78 is 0. The summed E-state index contributed by atoms with van der Waals surface area (Å²) in [4.78, 5) is 25.4. The van der Waals surface area contributed by atoms with Gasteiger partial charge in [0, 0.05) is 30.9 Å². The van der Waals surface area contributed by atoms with E-state index in [1.165, 1.54) is 0 Å². The summed E-state index contributed by atoms with van der Waals surface area (Å²) in [5, 5.41) is 8.95. The minimum atomic E-state index is -0.0875. The summed E-state index contributed by atoms with van der Waals surface area (Å²) in [6.07, 6.45) is 1.60. The maximum atomic E-state index is 12.0. The Bertz CT molecular complexity index is 540. The van der Waals surface area contributed by atoms with Gasteiger partial charge in [0.25, 0.3) is 0 Å². The molecule has 3 N–H and O–H groups in total. The normalized spacial score (nSPS) is 21.4. The molecule has 3 amide bonds. The molecule has 1 unspecified atom stereocenters. The van der Waals surface area contributed by atoms with Gasteiger partial charge >= 0.3 is 6.03 Å². The molecular formula is C15H20N4O2. The Morgan fingerprint density at radius 3 is 3.00 bits per heavy atom. The van der Waals surface area contributed by atoms with Crippen molar-refractivity contribution in [1.82, 2.24) is 10.6 Å². The van der Waals surface area contributed by atoms with Gasteiger partial charge < -0.3 is 16.0 Å². The molecule has 1 aromatic carbocycles. The topological polar surface area (TPSA) is 73.5 Å². The molecule has 2 fully saturated rings. The Labute approximate surface area is 123 Å². The van der Waals surface area contributed by atoms with Crippen molar-refractivity contribution in [2.24, 2.45) is 5.92 Å². The number of rotatable bonds is 4. The third-order valence-corrected chi connectivity index (χ3v) is 3.93. The highest BCUT2D eigenvalue weighted by molar-refractivity contribution is 5.96. The highest BCUT2D eigenvalue weighted by atomic mass is 16.2. The van der Waals surface area contributed by atoms with E-state index < -0.39 is 0 Å². The van der Waals surface area contributed by atoms with Crippen LogP contribution in [0.1, 0.15) is 12.8 Å². The maximum absolute atomic E-state index is 12.0. The molecule has 0 spiro atoms. The van der Waals surface area contributed by atoms with E-state index in [2.05, 4.69) is 16.0 Å². The zero-order chi connectivity index (χ0) is 14.7. The van der Waals surface area contributed by atoms with Crippen LogP contribution >= 0.6 is 0 Å². The van der Waals surface area contributed by atoms with Crippen LogP contribution in [0.15, 0.2) is 24.3 Å². The van der Waals surface area contributed by atoms with Crippen LogP contribution in [0.25, 0.3) is 0 Å². The molecule has 1 aromatic rings. The Kier molecular flexibility index (Phi) is 4.06. The largest absolute Gasteiger partial charge is 0.336 e. The lowest BCUT2D eigenvalue weighted by Crippen LogP contribution is -2.27. The molecular weight excluding hydrogens is 268 g/mol. The van der Waals surface area contributed by atoms with Crippen LogP contribution in [0.5, 0.6) is 0 Å². The third-order valence-electron chi connectivity index (χ3n) is 3.93. The summed E-state index contributed by atoms with van der Waals surface area (Å²) in [6.45, 7) is 3.23. The van der Waals surface area contributed by atoms with Gasteiger partial charge in [-0.25, -0.2) is 4.79 Å². The van der Waals surface area contributed by atoms with Gasteiger partial charge in [0.1, 0.15) is 0 Å². The number of nitrogens with zero attached hydrogens (tertiary/aromatic N) is 1. The Morgan fingerprint density at radius 2 is 2.29 bits per heavy atom. The average molecular weight is 288 g/mol. The van der Waals surface area contributed by atoms with E-state index in [9.17, 15) is 9.59 Å². The monoisotopic (exact) mass is 288 g/mol. The molecule has 1 atom stereocenters. The molecule has 6 heteroatoms. The maximum Gasteiger partial charge on any atom is 0.321 e. The molecule has 2 heterocycles. The van der Waals surface area contributed by atoms with Gasteiger partial charge in [0.05, 0.1) is 0 Å². The molecule has 0 radical (unpaired) electrons. The van der Waals surface area contributed by atoms with Crippen molar-refractivity contribution in [1.29, 1.82) is 0 Å². The van der Waals surface area contributed by atoms with E-state index in [1.807, 2.05) is 24.3 Å². The number of hydrogen-bond acceptors (Lipinski definition) is 3. The summed E-state index contributed by atoms with van der Waals surface area (Å²) in [7, 11) is 0. The number of carbonyl (C=O) groups is 2. The first-order valence-electron chi connectivity index (χ1n) is 7.38. The minimum Gasteiger partial charge on any atom is -0.336 e. The molecule has 2 aliphatic rings. The van der Waals surface area contributed by atoms with Crippen molar-refractivity contribution in [3.05, 3.63) is 24.3 Å². The summed E-state index contributed by atoms with van der Waals surface area (Å²) in [5.74, 6) is 0.462. The second-order valence-corrected chi connectivity index (χ2v) is 5.55. The Balaban J connectivity index is 1.62. The van der Waals surface area contributed by atoms with Crippen molar-refractivity contribution >= 4 is 23.3 Å². The van der Waals surface area contributed by atoms with Gasteiger partial charge in [-0.05, 0) is 43.6 Å². The molecule has 2 aliphatic heterocycles. The van der Waals surface area contributed by atoms with E-state index in [0.29, 0.717) is 25.4 Å². The lowest BCUT2D eigenvalue weighted by molar-refractivity contribution is -0.116. The molecule has 0 saturated carbocycles. The Hall–Kier alpha value is -2.08. The van der Waals surface area contributed by atoms with Crippen molar-refractivity contribution < 1.29 is 9.59 Å². The van der Waals surface area contributed by atoms with Crippen LogP contribution in [-0.4, -0.2) is 38.1 Å². The van der Waals surface area contributed by atoms with Crippen molar-refractivity contribution in [3.63, 3.8) is 0 Å². The average Bonchev–Trinajstić information content (AvgIpc) is 3.10. The number of benzene rings is 1. The number of hydrogen-bond donors (Lipinski definition) is 3. The van der Waals surface area contributed by atoms with Gasteiger partial charge in [0.2, 0.25) is 5.91 Å². The number of nitrogens with one attached hydrogen (secondary N) is 3. The predicted molar refractivity (Wildman–Crippen MR) is 81.4 cm³/mol. The summed E-state index contributed by atoms with van der Waals surface area (Å²) >= 11 is 0. The highest BCUT2D eigenvalue weighted by Crippen LogP contribution is 2.21. The zero-order valence-corrected chi connectivity index (χ0v) is 11.9. The van der Waals surface area contributed by atoms with Crippen molar-refractivity contribution in [2.45, 2.75) is 12.8 Å². The smallest absolute Gasteiger partial charge is 0.321 e. The van der Waals surface area contributed by atoms with Gasteiger partial charge in [-0.2, -0.15) is 0 Å². The zero-order valence-electron chi connectivity index (χ0n) is 11.9. The molecule has 3 rings (SSSR count). The third kappa shape index (κ3) is 3.33. The van der Waals surface area contributed by atoms with Crippen LogP contribution in [0.4, 0.5) is 16.2 Å². The first-order valence-corrected chi connectivity index (χ1v) is 7.38. The molecule has 6 nitrogen and oxygen atoms in total. The highest BCUT2D eigenvalue weighted by Gasteiger charge is 2.22. The lowest BCUT2D eigenvalue weighted by atomic mass is 10.0. The molecule has 2 saturated heterocycles. The quantitative estimate of drug-likeness (QED) is 0.778. The minimum absolute atomic E-state index is 0.0340. The number of amides is 3. The van der Waals surface area contributed by atoms with E-state index in [-0.39, 0.29) is 11.9 Å². The number of anilines is 2. The van der Waals surface area contributed by atoms with E-state index in [0.717, 1.165) is 30.9 Å². The number of carbonyl (C=O) groups excluding carboxylic acids is 2. The first kappa shape index (κ1) is 13.9. The van der Waals surface area contributed by atoms with Crippen LogP contribution in [-0.2, 0) is 4.79 Å². The number of urea groups is 1. The fraction of sp³-hybridized carbons (Fsp3) is 0.467. The predicted octanol–water partition coefficient (Wildman–Crippen LogP) is 1.15. The van der Waals surface area contributed by atoms with Crippen LogP contribution < -0.4 is 20.9 Å². The second-order valence-electron chi connectivity index (χ2n) is 5.55. The summed E-state index contributed by atoms with van der Waals surface area (Å²) in [6, 6.07) is 7.34. The fourth-order valence-corrected chi connectivity index (χ4v) is 2.83.